The Morgan fingerprint density at radius 3 is 2.56 bits per heavy atom. The Morgan fingerprint density at radius 1 is 1.09 bits per heavy atom. The summed E-state index contributed by atoms with van der Waals surface area (Å²) in [6.07, 6.45) is 4.25. The average molecular weight is 624 g/mol. The summed E-state index contributed by atoms with van der Waals surface area (Å²) in [7, 11) is -4.17. The van der Waals surface area contributed by atoms with Crippen molar-refractivity contribution in [3.8, 4) is 0 Å². The van der Waals surface area contributed by atoms with Gasteiger partial charge in [0.25, 0.3) is 6.47 Å². The number of nitrogens with one attached hydrogen (secondary N) is 4. The van der Waals surface area contributed by atoms with Crippen molar-refractivity contribution in [1.82, 2.24) is 20.9 Å². The lowest BCUT2D eigenvalue weighted by Gasteiger charge is -2.24. The summed E-state index contributed by atoms with van der Waals surface area (Å²) in [5.41, 5.74) is 7.54. The van der Waals surface area contributed by atoms with Gasteiger partial charge in [0.2, 0.25) is 17.7 Å². The molecule has 0 aliphatic carbocycles. The largest absolute Gasteiger partial charge is 0.475 e. The van der Waals surface area contributed by atoms with E-state index in [1.165, 1.54) is 6.08 Å². The Morgan fingerprint density at radius 2 is 1.84 bits per heavy atom. The molecule has 6 N–H and O–H groups in total. The third kappa shape index (κ3) is 12.3. The molecular weight excluding hydrogens is 581 g/mol. The normalized spacial score (nSPS) is 14.6. The maximum absolute atomic E-state index is 13.0. The number of ether oxygens (including phenoxy) is 1. The fourth-order valence-electron chi connectivity index (χ4n) is 3.87. The molecule has 0 saturated heterocycles. The van der Waals surface area contributed by atoms with E-state index in [0.717, 1.165) is 16.5 Å². The zero-order valence-corrected chi connectivity index (χ0v) is 25.4. The zero-order valence-electron chi connectivity index (χ0n) is 24.5. The van der Waals surface area contributed by atoms with Crippen LogP contribution in [0.1, 0.15) is 32.3 Å². The third-order valence-corrected chi connectivity index (χ3v) is 7.82. The maximum Gasteiger partial charge on any atom is 0.475 e. The molecule has 1 heterocycles. The molecule has 0 fully saturated rings. The Labute approximate surface area is 251 Å². The van der Waals surface area contributed by atoms with Crippen LogP contribution in [0, 0.1) is 5.92 Å². The highest BCUT2D eigenvalue weighted by Gasteiger charge is 2.30. The lowest BCUT2D eigenvalue weighted by atomic mass is 9.98. The van der Waals surface area contributed by atoms with E-state index < -0.39 is 38.3 Å². The third-order valence-electron chi connectivity index (χ3n) is 6.39. The first-order valence-corrected chi connectivity index (χ1v) is 15.4. The number of phosphoric ester groups is 1. The number of phosphoric acid groups is 1. The highest BCUT2D eigenvalue weighted by atomic mass is 31.2. The molecule has 1 aromatic heterocycles. The Kier molecular flexibility index (Phi) is 15.6. The number of aromatic amines is 1. The van der Waals surface area contributed by atoms with Crippen LogP contribution in [0.2, 0.25) is 0 Å². The summed E-state index contributed by atoms with van der Waals surface area (Å²) < 4.78 is 33.3. The van der Waals surface area contributed by atoms with Gasteiger partial charge in [-0.3, -0.25) is 32.7 Å². The highest BCUT2D eigenvalue weighted by molar-refractivity contribution is 7.48. The molecule has 3 amide bonds. The van der Waals surface area contributed by atoms with Crippen molar-refractivity contribution in [2.24, 2.45) is 11.7 Å². The minimum absolute atomic E-state index is 0.0652. The lowest BCUT2D eigenvalue weighted by Crippen LogP contribution is -2.51. The Bertz CT molecular complexity index is 1250. The number of rotatable bonds is 22. The van der Waals surface area contributed by atoms with E-state index in [-0.39, 0.29) is 51.2 Å². The van der Waals surface area contributed by atoms with Gasteiger partial charge >= 0.3 is 7.82 Å². The van der Waals surface area contributed by atoms with Crippen molar-refractivity contribution in [2.75, 3.05) is 39.5 Å². The van der Waals surface area contributed by atoms with Gasteiger partial charge in [-0.1, -0.05) is 44.5 Å². The van der Waals surface area contributed by atoms with Crippen molar-refractivity contribution in [2.45, 2.75) is 45.2 Å². The second-order valence-corrected chi connectivity index (χ2v) is 11.3. The number of carbonyl (C=O) groups excluding carboxylic acids is 4. The second-order valence-electron chi connectivity index (χ2n) is 9.64. The molecule has 2 aromatic rings. The van der Waals surface area contributed by atoms with Crippen LogP contribution < -0.4 is 21.7 Å². The van der Waals surface area contributed by atoms with Gasteiger partial charge in [-0.25, -0.2) is 4.57 Å². The first-order chi connectivity index (χ1) is 20.6. The predicted octanol–water partition coefficient (Wildman–Crippen LogP) is 1.71. The predicted molar refractivity (Wildman–Crippen MR) is 160 cm³/mol. The van der Waals surface area contributed by atoms with E-state index in [4.69, 9.17) is 19.3 Å². The number of H-pyrrole nitrogens is 1. The number of hydrogen-bond donors (Lipinski definition) is 5. The van der Waals surface area contributed by atoms with Gasteiger partial charge in [0.15, 0.2) is 0 Å². The number of fused-ring (bicyclic) bond motifs is 1. The molecule has 238 valence electrons. The summed E-state index contributed by atoms with van der Waals surface area (Å²) in [5.74, 6) is -1.46. The number of nitrogens with two attached hydrogens (primary N) is 1. The molecule has 0 aliphatic heterocycles. The average Bonchev–Trinajstić information content (AvgIpc) is 3.41. The molecule has 4 atom stereocenters. The van der Waals surface area contributed by atoms with Crippen LogP contribution in [-0.2, 0) is 48.5 Å². The number of aromatic nitrogens is 1. The van der Waals surface area contributed by atoms with E-state index in [1.807, 2.05) is 38.1 Å². The summed E-state index contributed by atoms with van der Waals surface area (Å²) in [6.45, 7) is 6.96. The number of benzene rings is 1. The number of para-hydroxylation sites is 1. The Balaban J connectivity index is 1.86. The summed E-state index contributed by atoms with van der Waals surface area (Å²) in [5, 5.41) is 8.99. The van der Waals surface area contributed by atoms with Crippen molar-refractivity contribution in [1.29, 1.82) is 0 Å². The van der Waals surface area contributed by atoms with Gasteiger partial charge in [-0.15, -0.1) is 6.58 Å². The molecule has 1 aromatic carbocycles. The van der Waals surface area contributed by atoms with Gasteiger partial charge in [0.05, 0.1) is 32.8 Å². The molecule has 15 heteroatoms. The summed E-state index contributed by atoms with van der Waals surface area (Å²) in [6, 6.07) is 5.66. The second kappa shape index (κ2) is 18.9. The smallest absolute Gasteiger partial charge is 0.468 e. The number of amides is 3. The fraction of sp³-hybridized carbons (Fsp3) is 0.500. The van der Waals surface area contributed by atoms with Crippen molar-refractivity contribution in [3.05, 3.63) is 48.7 Å². The monoisotopic (exact) mass is 623 g/mol. The minimum Gasteiger partial charge on any atom is -0.468 e. The topological polar surface area (TPSA) is 200 Å². The number of hydrogen-bond acceptors (Lipinski definition) is 10. The van der Waals surface area contributed by atoms with Crippen LogP contribution in [0.5, 0.6) is 0 Å². The molecular formula is C28H42N5O9P. The van der Waals surface area contributed by atoms with E-state index in [2.05, 4.69) is 32.3 Å². The van der Waals surface area contributed by atoms with Crippen LogP contribution in [0.25, 0.3) is 10.9 Å². The lowest BCUT2D eigenvalue weighted by molar-refractivity contribution is -0.130. The van der Waals surface area contributed by atoms with Crippen LogP contribution >= 0.6 is 7.82 Å². The van der Waals surface area contributed by atoms with Gasteiger partial charge in [-0.2, -0.15) is 0 Å². The van der Waals surface area contributed by atoms with Crippen molar-refractivity contribution >= 4 is 42.9 Å². The van der Waals surface area contributed by atoms with Gasteiger partial charge in [0.1, 0.15) is 12.1 Å². The van der Waals surface area contributed by atoms with Gasteiger partial charge < -0.3 is 31.4 Å². The van der Waals surface area contributed by atoms with E-state index in [1.54, 1.807) is 6.20 Å². The molecule has 0 bridgehead atoms. The van der Waals surface area contributed by atoms with Gasteiger partial charge in [0, 0.05) is 30.2 Å². The van der Waals surface area contributed by atoms with Crippen molar-refractivity contribution in [3.63, 3.8) is 0 Å². The molecule has 0 radical (unpaired) electrons. The van der Waals surface area contributed by atoms with Crippen molar-refractivity contribution < 1.29 is 42.1 Å². The van der Waals surface area contributed by atoms with E-state index in [9.17, 15) is 23.7 Å². The molecule has 2 unspecified atom stereocenters. The van der Waals surface area contributed by atoms with E-state index >= 15 is 0 Å². The summed E-state index contributed by atoms with van der Waals surface area (Å²) >= 11 is 0. The van der Waals surface area contributed by atoms with Crippen LogP contribution in [0.4, 0.5) is 0 Å². The van der Waals surface area contributed by atoms with Gasteiger partial charge in [-0.05, 0) is 24.0 Å². The zero-order chi connectivity index (χ0) is 31.7. The maximum atomic E-state index is 13.0. The standard InChI is InChI=1S/C28H42N5O9P/c1-4-13-40-43(38,42-18-23(29)27(36)30-11-8-14-39-19-34)41-15-12-31-28(37)26(20(3)5-2)33-25(35)16-21-17-32-24-10-7-6-9-22(21)24/h4,6-7,9-10,17,19-20,23,26,32H,1,5,8,11-16,18,29H2,2-3H3,(H,30,36)(H,31,37)(H,33,35)/t20-,23?,26-,43?/m0/s1. The van der Waals surface area contributed by atoms with Crippen LogP contribution in [0.3, 0.4) is 0 Å². The van der Waals surface area contributed by atoms with E-state index in [0.29, 0.717) is 19.3 Å². The molecule has 14 nitrogen and oxygen atoms in total. The fourth-order valence-corrected chi connectivity index (χ4v) is 5.04. The van der Waals surface area contributed by atoms with Crippen LogP contribution in [0.15, 0.2) is 43.1 Å². The molecule has 0 spiro atoms. The molecule has 43 heavy (non-hydrogen) atoms. The molecule has 0 aliphatic rings. The quantitative estimate of drug-likeness (QED) is 0.0557. The Hall–Kier alpha value is -3.55. The number of carbonyl (C=O) groups is 4. The highest BCUT2D eigenvalue weighted by Crippen LogP contribution is 2.49. The molecule has 2 rings (SSSR count). The SMILES string of the molecule is C=CCOP(=O)(OCCNC(=O)[C@@H](NC(=O)Cc1c[nH]c2ccccc12)[C@@H](C)CC)OCC(N)C(=O)NCCCOC=O. The molecule has 0 saturated carbocycles. The first-order valence-electron chi connectivity index (χ1n) is 14.0. The summed E-state index contributed by atoms with van der Waals surface area (Å²) in [4.78, 5) is 51.3. The van der Waals surface area contributed by atoms with Crippen LogP contribution in [-0.4, -0.2) is 80.8 Å². The minimum atomic E-state index is -4.17. The first kappa shape index (κ1) is 35.6.